The van der Waals surface area contributed by atoms with Gasteiger partial charge in [-0.15, -0.1) is 0 Å². The van der Waals surface area contributed by atoms with Crippen molar-refractivity contribution in [2.45, 2.75) is 32.1 Å². The highest BCUT2D eigenvalue weighted by molar-refractivity contribution is 7.99. The van der Waals surface area contributed by atoms with E-state index in [2.05, 4.69) is 29.7 Å². The molecular weight excluding hydrogens is 244 g/mol. The number of carbonyl (C=O) groups is 1. The molecule has 1 atom stereocenters. The van der Waals surface area contributed by atoms with E-state index in [9.17, 15) is 4.79 Å². The molecule has 18 heavy (non-hydrogen) atoms. The fourth-order valence-corrected chi connectivity index (χ4v) is 1.75. The first-order chi connectivity index (χ1) is 8.67. The quantitative estimate of drug-likeness (QED) is 0.797. The fraction of sp³-hybridized carbons (Fsp3) is 0.500. The highest BCUT2D eigenvalue weighted by Crippen LogP contribution is 2.10. The minimum absolute atomic E-state index is 0.00972. The van der Waals surface area contributed by atoms with E-state index < -0.39 is 0 Å². The predicted molar refractivity (Wildman–Crippen MR) is 80.0 cm³/mol. The molecule has 0 aromatic heterocycles. The lowest BCUT2D eigenvalue weighted by molar-refractivity contribution is -0.120. The summed E-state index contributed by atoms with van der Waals surface area (Å²) in [6.07, 6.45) is 3.06. The Hall–Kier alpha value is -1.16. The summed E-state index contributed by atoms with van der Waals surface area (Å²) in [6.45, 7) is 5.64. The number of rotatable bonds is 7. The molecule has 0 heterocycles. The van der Waals surface area contributed by atoms with E-state index in [0.29, 0.717) is 6.54 Å². The van der Waals surface area contributed by atoms with Gasteiger partial charge in [-0.25, -0.2) is 0 Å². The molecule has 0 saturated heterocycles. The van der Waals surface area contributed by atoms with Crippen LogP contribution in [0.2, 0.25) is 0 Å². The summed E-state index contributed by atoms with van der Waals surface area (Å²) < 4.78 is 0. The van der Waals surface area contributed by atoms with Gasteiger partial charge in [0.2, 0.25) is 5.91 Å². The van der Waals surface area contributed by atoms with E-state index >= 15 is 0 Å². The van der Waals surface area contributed by atoms with Crippen LogP contribution in [-0.4, -0.2) is 24.0 Å². The molecular formula is C14H22N2OS. The van der Waals surface area contributed by atoms with Crippen molar-refractivity contribution in [1.82, 2.24) is 5.32 Å². The van der Waals surface area contributed by atoms with Crippen LogP contribution in [0, 0.1) is 0 Å². The second-order valence-electron chi connectivity index (χ2n) is 4.22. The van der Waals surface area contributed by atoms with Gasteiger partial charge in [-0.1, -0.05) is 19.1 Å². The van der Waals surface area contributed by atoms with Crippen molar-refractivity contribution in [3.8, 4) is 0 Å². The fourth-order valence-electron chi connectivity index (χ4n) is 1.45. The van der Waals surface area contributed by atoms with E-state index in [1.165, 1.54) is 0 Å². The number of anilines is 1. The number of nitrogens with one attached hydrogen (secondary N) is 2. The van der Waals surface area contributed by atoms with Crippen LogP contribution in [0.15, 0.2) is 24.3 Å². The first kappa shape index (κ1) is 14.9. The summed E-state index contributed by atoms with van der Waals surface area (Å²) in [5.41, 5.74) is 2.25. The van der Waals surface area contributed by atoms with Crippen LogP contribution < -0.4 is 10.6 Å². The average molecular weight is 266 g/mol. The van der Waals surface area contributed by atoms with Crippen LogP contribution in [-0.2, 0) is 11.3 Å². The van der Waals surface area contributed by atoms with Crippen molar-refractivity contribution < 1.29 is 4.79 Å². The third-order valence-electron chi connectivity index (χ3n) is 2.72. The van der Waals surface area contributed by atoms with Crippen LogP contribution in [0.5, 0.6) is 0 Å². The van der Waals surface area contributed by atoms with Gasteiger partial charge >= 0.3 is 0 Å². The molecule has 0 aliphatic rings. The Bertz CT molecular complexity index is 365. The van der Waals surface area contributed by atoms with Crippen molar-refractivity contribution in [2.75, 3.05) is 18.1 Å². The zero-order valence-electron chi connectivity index (χ0n) is 11.3. The highest BCUT2D eigenvalue weighted by Gasteiger charge is 2.09. The minimum atomic E-state index is 0.00972. The van der Waals surface area contributed by atoms with Gasteiger partial charge in [0, 0.05) is 18.8 Å². The molecule has 0 fully saturated rings. The van der Waals surface area contributed by atoms with Crippen LogP contribution in [0.3, 0.4) is 0 Å². The Balaban J connectivity index is 2.41. The van der Waals surface area contributed by atoms with E-state index in [4.69, 9.17) is 0 Å². The summed E-state index contributed by atoms with van der Waals surface area (Å²) >= 11 is 1.56. The molecule has 0 radical (unpaired) electrons. The molecule has 1 amide bonds. The zero-order valence-corrected chi connectivity index (χ0v) is 12.1. The van der Waals surface area contributed by atoms with Gasteiger partial charge in [-0.3, -0.25) is 4.79 Å². The number of benzene rings is 1. The first-order valence-electron chi connectivity index (χ1n) is 6.30. The molecule has 100 valence electrons. The topological polar surface area (TPSA) is 41.1 Å². The Kier molecular flexibility index (Phi) is 6.65. The van der Waals surface area contributed by atoms with Gasteiger partial charge in [-0.2, -0.15) is 11.8 Å². The van der Waals surface area contributed by atoms with Gasteiger partial charge in [0.05, 0.1) is 5.25 Å². The molecule has 0 aliphatic carbocycles. The van der Waals surface area contributed by atoms with Gasteiger partial charge < -0.3 is 10.6 Å². The van der Waals surface area contributed by atoms with E-state index in [0.717, 1.165) is 24.2 Å². The zero-order chi connectivity index (χ0) is 13.4. The summed E-state index contributed by atoms with van der Waals surface area (Å²) in [4.78, 5) is 11.6. The van der Waals surface area contributed by atoms with Crippen LogP contribution >= 0.6 is 11.8 Å². The summed E-state index contributed by atoms with van der Waals surface area (Å²) in [6, 6.07) is 8.19. The molecule has 2 N–H and O–H groups in total. The largest absolute Gasteiger partial charge is 0.385 e. The van der Waals surface area contributed by atoms with Crippen molar-refractivity contribution in [3.05, 3.63) is 29.8 Å². The molecule has 1 rings (SSSR count). The maximum atomic E-state index is 11.6. The van der Waals surface area contributed by atoms with Gasteiger partial charge in [0.25, 0.3) is 0 Å². The molecule has 0 unspecified atom stereocenters. The summed E-state index contributed by atoms with van der Waals surface area (Å²) in [7, 11) is 0. The Morgan fingerprint density at radius 1 is 1.33 bits per heavy atom. The molecule has 0 spiro atoms. The van der Waals surface area contributed by atoms with Gasteiger partial charge in [0.15, 0.2) is 0 Å². The second-order valence-corrected chi connectivity index (χ2v) is 5.40. The minimum Gasteiger partial charge on any atom is -0.385 e. The molecule has 0 saturated carbocycles. The lowest BCUT2D eigenvalue weighted by Gasteiger charge is -2.10. The van der Waals surface area contributed by atoms with E-state index in [-0.39, 0.29) is 11.2 Å². The number of hydrogen-bond acceptors (Lipinski definition) is 3. The Morgan fingerprint density at radius 3 is 2.56 bits per heavy atom. The highest BCUT2D eigenvalue weighted by atomic mass is 32.2. The summed E-state index contributed by atoms with van der Waals surface area (Å²) in [5, 5.41) is 6.26. The number of hydrogen-bond donors (Lipinski definition) is 2. The Morgan fingerprint density at radius 2 is 2.00 bits per heavy atom. The van der Waals surface area contributed by atoms with Crippen molar-refractivity contribution in [2.24, 2.45) is 0 Å². The first-order valence-corrected chi connectivity index (χ1v) is 7.59. The third kappa shape index (κ3) is 5.00. The van der Waals surface area contributed by atoms with Crippen LogP contribution in [0.1, 0.15) is 25.8 Å². The molecule has 1 aromatic rings. The molecule has 0 aliphatic heterocycles. The second kappa shape index (κ2) is 8.03. The number of carbonyl (C=O) groups excluding carboxylic acids is 1. The number of thioether (sulfide) groups is 1. The van der Waals surface area contributed by atoms with Crippen LogP contribution in [0.4, 0.5) is 5.69 Å². The van der Waals surface area contributed by atoms with Gasteiger partial charge in [-0.05, 0) is 37.3 Å². The normalized spacial score (nSPS) is 11.9. The van der Waals surface area contributed by atoms with E-state index in [1.54, 1.807) is 11.8 Å². The molecule has 1 aromatic carbocycles. The van der Waals surface area contributed by atoms with Gasteiger partial charge in [0.1, 0.15) is 0 Å². The van der Waals surface area contributed by atoms with Crippen molar-refractivity contribution in [3.63, 3.8) is 0 Å². The van der Waals surface area contributed by atoms with Crippen LogP contribution in [0.25, 0.3) is 0 Å². The SMILES string of the molecule is CCCNc1ccc(CNC(=O)[C@@H](C)SC)cc1. The molecule has 4 heteroatoms. The van der Waals surface area contributed by atoms with E-state index in [1.807, 2.05) is 25.3 Å². The third-order valence-corrected chi connectivity index (χ3v) is 3.64. The lowest BCUT2D eigenvalue weighted by Crippen LogP contribution is -2.30. The summed E-state index contributed by atoms with van der Waals surface area (Å²) in [5.74, 6) is 0.0932. The lowest BCUT2D eigenvalue weighted by atomic mass is 10.2. The Labute approximate surface area is 114 Å². The monoisotopic (exact) mass is 266 g/mol. The standard InChI is InChI=1S/C14H22N2OS/c1-4-9-15-13-7-5-12(6-8-13)10-16-14(17)11(2)18-3/h5-8,11,15H,4,9-10H2,1-3H3,(H,16,17)/t11-/m1/s1. The smallest absolute Gasteiger partial charge is 0.233 e. The predicted octanol–water partition coefficient (Wildman–Crippen LogP) is 2.88. The molecule has 3 nitrogen and oxygen atoms in total. The maximum Gasteiger partial charge on any atom is 0.233 e. The molecule has 0 bridgehead atoms. The van der Waals surface area contributed by atoms with Crippen molar-refractivity contribution >= 4 is 23.4 Å². The number of amides is 1. The maximum absolute atomic E-state index is 11.6. The van der Waals surface area contributed by atoms with Crippen molar-refractivity contribution in [1.29, 1.82) is 0 Å². The average Bonchev–Trinajstić information content (AvgIpc) is 2.42.